The van der Waals surface area contributed by atoms with E-state index in [0.717, 1.165) is 16.7 Å². The molecule has 4 nitrogen and oxygen atoms in total. The molecule has 25 heavy (non-hydrogen) atoms. The highest BCUT2D eigenvalue weighted by molar-refractivity contribution is 5.87. The molecule has 0 spiro atoms. The lowest BCUT2D eigenvalue weighted by atomic mass is 9.90. The van der Waals surface area contributed by atoms with Crippen molar-refractivity contribution in [2.75, 3.05) is 7.11 Å². The predicted molar refractivity (Wildman–Crippen MR) is 97.4 cm³/mol. The number of ether oxygens (including phenoxy) is 1. The van der Waals surface area contributed by atoms with Crippen molar-refractivity contribution < 1.29 is 9.53 Å². The normalized spacial score (nSPS) is 10.5. The molecule has 0 unspecified atom stereocenters. The summed E-state index contributed by atoms with van der Waals surface area (Å²) in [4.78, 5) is 17.0. The maximum absolute atomic E-state index is 12.9. The van der Waals surface area contributed by atoms with Gasteiger partial charge in [-0.05, 0) is 22.8 Å². The average Bonchev–Trinajstić information content (AvgIpc) is 2.68. The summed E-state index contributed by atoms with van der Waals surface area (Å²) in [5.74, 6) is 0.161. The number of benzene rings is 2. The van der Waals surface area contributed by atoms with Crippen LogP contribution >= 0.6 is 0 Å². The monoisotopic (exact) mass is 332 g/mol. The first-order valence-corrected chi connectivity index (χ1v) is 8.14. The van der Waals surface area contributed by atoms with Crippen LogP contribution in [0.4, 0.5) is 0 Å². The summed E-state index contributed by atoms with van der Waals surface area (Å²) in [6, 6.07) is 23.3. The molecule has 0 saturated carbocycles. The Morgan fingerprint density at radius 1 is 1.00 bits per heavy atom. The van der Waals surface area contributed by atoms with E-state index in [1.54, 1.807) is 13.3 Å². The van der Waals surface area contributed by atoms with Crippen molar-refractivity contribution in [3.8, 4) is 5.88 Å². The summed E-state index contributed by atoms with van der Waals surface area (Å²) < 4.78 is 5.12. The summed E-state index contributed by atoms with van der Waals surface area (Å²) in [6.07, 6.45) is 1.67. The van der Waals surface area contributed by atoms with Gasteiger partial charge in [-0.2, -0.15) is 0 Å². The first-order valence-electron chi connectivity index (χ1n) is 8.14. The van der Waals surface area contributed by atoms with E-state index < -0.39 is 0 Å². The van der Waals surface area contributed by atoms with E-state index in [1.807, 2.05) is 72.8 Å². The Kier molecular flexibility index (Phi) is 5.42. The van der Waals surface area contributed by atoms with Crippen molar-refractivity contribution in [3.05, 3.63) is 95.7 Å². The zero-order chi connectivity index (χ0) is 17.5. The van der Waals surface area contributed by atoms with Gasteiger partial charge in [0.25, 0.3) is 0 Å². The molecular weight excluding hydrogens is 312 g/mol. The second kappa shape index (κ2) is 8.11. The highest BCUT2D eigenvalue weighted by Gasteiger charge is 2.22. The number of amides is 1. The van der Waals surface area contributed by atoms with Crippen LogP contribution < -0.4 is 10.1 Å². The van der Waals surface area contributed by atoms with Gasteiger partial charge in [0.15, 0.2) is 0 Å². The number of nitrogens with one attached hydrogen (secondary N) is 1. The van der Waals surface area contributed by atoms with Gasteiger partial charge in [-0.3, -0.25) is 4.79 Å². The predicted octanol–water partition coefficient (Wildman–Crippen LogP) is 3.54. The second-order valence-corrected chi connectivity index (χ2v) is 5.68. The Balaban J connectivity index is 1.80. The van der Waals surface area contributed by atoms with Crippen LogP contribution in [0.15, 0.2) is 79.0 Å². The lowest BCUT2D eigenvalue weighted by Gasteiger charge is -2.18. The second-order valence-electron chi connectivity index (χ2n) is 5.68. The van der Waals surface area contributed by atoms with Crippen LogP contribution in [0.1, 0.15) is 22.6 Å². The standard InChI is InChI=1S/C21H20N2O2/c1-25-19-14-16(12-13-22-19)15-23-21(24)20(17-8-4-2-5-9-17)18-10-6-3-7-11-18/h2-14,20H,15H2,1H3,(H,23,24). The molecule has 0 atom stereocenters. The Hall–Kier alpha value is -3.14. The molecular formula is C21H20N2O2. The zero-order valence-corrected chi connectivity index (χ0v) is 14.1. The molecule has 0 fully saturated rings. The first kappa shape index (κ1) is 16.7. The van der Waals surface area contributed by atoms with E-state index in [4.69, 9.17) is 4.74 Å². The van der Waals surface area contributed by atoms with Gasteiger partial charge in [0.05, 0.1) is 13.0 Å². The Bertz CT molecular complexity index is 780. The van der Waals surface area contributed by atoms with Gasteiger partial charge in [0, 0.05) is 18.8 Å². The highest BCUT2D eigenvalue weighted by atomic mass is 16.5. The van der Waals surface area contributed by atoms with Crippen molar-refractivity contribution in [3.63, 3.8) is 0 Å². The number of rotatable bonds is 6. The van der Waals surface area contributed by atoms with E-state index in [1.165, 1.54) is 0 Å². The SMILES string of the molecule is COc1cc(CNC(=O)C(c2ccccc2)c2ccccc2)ccn1. The Labute approximate surface area is 147 Å². The minimum Gasteiger partial charge on any atom is -0.481 e. The molecule has 0 aliphatic heterocycles. The molecule has 0 bridgehead atoms. The fourth-order valence-corrected chi connectivity index (χ4v) is 2.75. The van der Waals surface area contributed by atoms with Crippen LogP contribution in [0.5, 0.6) is 5.88 Å². The maximum atomic E-state index is 12.9. The molecule has 2 aromatic carbocycles. The molecule has 0 radical (unpaired) electrons. The molecule has 1 aromatic heterocycles. The number of carbonyl (C=O) groups excluding carboxylic acids is 1. The third kappa shape index (κ3) is 4.23. The molecule has 3 aromatic rings. The van der Waals surface area contributed by atoms with E-state index in [9.17, 15) is 4.79 Å². The summed E-state index contributed by atoms with van der Waals surface area (Å²) in [6.45, 7) is 0.424. The topological polar surface area (TPSA) is 51.2 Å². The van der Waals surface area contributed by atoms with E-state index in [0.29, 0.717) is 12.4 Å². The Morgan fingerprint density at radius 3 is 2.16 bits per heavy atom. The number of carbonyl (C=O) groups is 1. The summed E-state index contributed by atoms with van der Waals surface area (Å²) in [5.41, 5.74) is 2.89. The molecule has 0 saturated heterocycles. The molecule has 4 heteroatoms. The van der Waals surface area contributed by atoms with Gasteiger partial charge >= 0.3 is 0 Å². The molecule has 0 aliphatic carbocycles. The van der Waals surface area contributed by atoms with E-state index in [-0.39, 0.29) is 11.8 Å². The van der Waals surface area contributed by atoms with Crippen molar-refractivity contribution in [2.45, 2.75) is 12.5 Å². The number of pyridine rings is 1. The minimum absolute atomic E-state index is 0.0341. The third-order valence-electron chi connectivity index (χ3n) is 4.00. The van der Waals surface area contributed by atoms with E-state index >= 15 is 0 Å². The fourth-order valence-electron chi connectivity index (χ4n) is 2.75. The van der Waals surface area contributed by atoms with Crippen molar-refractivity contribution in [2.24, 2.45) is 0 Å². The van der Waals surface area contributed by atoms with Crippen molar-refractivity contribution in [1.82, 2.24) is 10.3 Å². The first-order chi connectivity index (χ1) is 12.3. The van der Waals surface area contributed by atoms with Crippen LogP contribution in [0.3, 0.4) is 0 Å². The van der Waals surface area contributed by atoms with Gasteiger partial charge in [0.2, 0.25) is 11.8 Å². The van der Waals surface area contributed by atoms with Crippen LogP contribution in [-0.4, -0.2) is 18.0 Å². The van der Waals surface area contributed by atoms with Crippen LogP contribution in [0.25, 0.3) is 0 Å². The molecule has 1 N–H and O–H groups in total. The van der Waals surface area contributed by atoms with Crippen molar-refractivity contribution in [1.29, 1.82) is 0 Å². The van der Waals surface area contributed by atoms with Gasteiger partial charge in [-0.1, -0.05) is 60.7 Å². The summed E-state index contributed by atoms with van der Waals surface area (Å²) in [5, 5.41) is 3.03. The van der Waals surface area contributed by atoms with Gasteiger partial charge in [0.1, 0.15) is 0 Å². The lowest BCUT2D eigenvalue weighted by molar-refractivity contribution is -0.121. The fraction of sp³-hybridized carbons (Fsp3) is 0.143. The Morgan fingerprint density at radius 2 is 1.60 bits per heavy atom. The number of hydrogen-bond donors (Lipinski definition) is 1. The lowest BCUT2D eigenvalue weighted by Crippen LogP contribution is -2.29. The van der Waals surface area contributed by atoms with Crippen molar-refractivity contribution >= 4 is 5.91 Å². The number of nitrogens with zero attached hydrogens (tertiary/aromatic N) is 1. The van der Waals surface area contributed by atoms with Gasteiger partial charge in [-0.15, -0.1) is 0 Å². The molecule has 1 amide bonds. The van der Waals surface area contributed by atoms with Crippen LogP contribution in [-0.2, 0) is 11.3 Å². The number of aromatic nitrogens is 1. The largest absolute Gasteiger partial charge is 0.481 e. The highest BCUT2D eigenvalue weighted by Crippen LogP contribution is 2.24. The zero-order valence-electron chi connectivity index (χ0n) is 14.1. The number of hydrogen-bond acceptors (Lipinski definition) is 3. The maximum Gasteiger partial charge on any atom is 0.232 e. The molecule has 3 rings (SSSR count). The average molecular weight is 332 g/mol. The molecule has 126 valence electrons. The van der Waals surface area contributed by atoms with Gasteiger partial charge < -0.3 is 10.1 Å². The molecule has 1 heterocycles. The van der Waals surface area contributed by atoms with Crippen LogP contribution in [0.2, 0.25) is 0 Å². The molecule has 0 aliphatic rings. The van der Waals surface area contributed by atoms with Gasteiger partial charge in [-0.25, -0.2) is 4.98 Å². The number of methoxy groups -OCH3 is 1. The van der Waals surface area contributed by atoms with E-state index in [2.05, 4.69) is 10.3 Å². The summed E-state index contributed by atoms with van der Waals surface area (Å²) in [7, 11) is 1.57. The minimum atomic E-state index is -0.342. The summed E-state index contributed by atoms with van der Waals surface area (Å²) >= 11 is 0. The third-order valence-corrected chi connectivity index (χ3v) is 4.00. The quantitative estimate of drug-likeness (QED) is 0.751. The van der Waals surface area contributed by atoms with Crippen LogP contribution in [0, 0.1) is 0 Å². The smallest absolute Gasteiger partial charge is 0.232 e.